The molecule has 0 aromatic carbocycles. The molecule has 0 aliphatic rings. The lowest BCUT2D eigenvalue weighted by molar-refractivity contribution is 0.0974. The van der Waals surface area contributed by atoms with Crippen LogP contribution in [0.25, 0.3) is 0 Å². The van der Waals surface area contributed by atoms with Crippen LogP contribution in [0.2, 0.25) is 0 Å². The molecule has 2 nitrogen and oxygen atoms in total. The van der Waals surface area contributed by atoms with Crippen molar-refractivity contribution in [1.29, 1.82) is 0 Å². The summed E-state index contributed by atoms with van der Waals surface area (Å²) in [5, 5.41) is 0. The maximum Gasteiger partial charge on any atom is 0.181 e. The smallest absolute Gasteiger partial charge is 0.181 e. The molecule has 1 aromatic heterocycles. The lowest BCUT2D eigenvalue weighted by Crippen LogP contribution is -2.01. The molecule has 0 spiro atoms. The van der Waals surface area contributed by atoms with Crippen LogP contribution in [0.1, 0.15) is 62.4 Å². The Morgan fingerprint density at radius 2 is 1.88 bits per heavy atom. The number of Topliss-reactive ketones (excluding diaryl/α,β-unsaturated/α-hetero) is 1. The van der Waals surface area contributed by atoms with Gasteiger partial charge in [-0.3, -0.25) is 9.78 Å². The van der Waals surface area contributed by atoms with Crippen molar-refractivity contribution in [2.24, 2.45) is 0 Å². The molecular weight excluding hydrogens is 198 g/mol. The molecule has 0 saturated carbocycles. The van der Waals surface area contributed by atoms with Gasteiger partial charge in [0.1, 0.15) is 5.69 Å². The lowest BCUT2D eigenvalue weighted by Gasteiger charge is -2.00. The summed E-state index contributed by atoms with van der Waals surface area (Å²) < 4.78 is 0. The fourth-order valence-corrected chi connectivity index (χ4v) is 1.72. The fourth-order valence-electron chi connectivity index (χ4n) is 1.72. The number of hydrogen-bond donors (Lipinski definition) is 0. The van der Waals surface area contributed by atoms with Gasteiger partial charge in [-0.05, 0) is 18.6 Å². The molecule has 0 bridgehead atoms. The van der Waals surface area contributed by atoms with Crippen molar-refractivity contribution in [2.75, 3.05) is 0 Å². The predicted molar refractivity (Wildman–Crippen MR) is 66.6 cm³/mol. The first-order chi connectivity index (χ1) is 7.84. The fraction of sp³-hybridized carbons (Fsp3) is 0.571. The molecule has 16 heavy (non-hydrogen) atoms. The third kappa shape index (κ3) is 5.06. The molecule has 1 heterocycles. The molecule has 0 radical (unpaired) electrons. The minimum atomic E-state index is 0.177. The molecule has 0 aliphatic carbocycles. The average Bonchev–Trinajstić information content (AvgIpc) is 2.34. The van der Waals surface area contributed by atoms with Crippen LogP contribution in [0.5, 0.6) is 0 Å². The highest BCUT2D eigenvalue weighted by atomic mass is 16.1. The molecule has 0 unspecified atom stereocenters. The summed E-state index contributed by atoms with van der Waals surface area (Å²) in [6.07, 6.45) is 9.62. The summed E-state index contributed by atoms with van der Waals surface area (Å²) in [5.41, 5.74) is 0.607. The Hall–Kier alpha value is -1.18. The van der Waals surface area contributed by atoms with Gasteiger partial charge in [0.25, 0.3) is 0 Å². The normalized spacial score (nSPS) is 10.3. The van der Waals surface area contributed by atoms with E-state index in [0.29, 0.717) is 12.1 Å². The average molecular weight is 219 g/mol. The van der Waals surface area contributed by atoms with Crippen molar-refractivity contribution in [3.8, 4) is 0 Å². The van der Waals surface area contributed by atoms with Gasteiger partial charge in [0.05, 0.1) is 0 Å². The van der Waals surface area contributed by atoms with Gasteiger partial charge in [-0.25, -0.2) is 0 Å². The van der Waals surface area contributed by atoms with Crippen LogP contribution in [0, 0.1) is 0 Å². The van der Waals surface area contributed by atoms with Crippen molar-refractivity contribution < 1.29 is 4.79 Å². The molecule has 2 heteroatoms. The lowest BCUT2D eigenvalue weighted by atomic mass is 10.1. The van der Waals surface area contributed by atoms with E-state index >= 15 is 0 Å². The molecule has 0 N–H and O–H groups in total. The van der Waals surface area contributed by atoms with Gasteiger partial charge in [0.15, 0.2) is 5.78 Å². The highest BCUT2D eigenvalue weighted by Gasteiger charge is 2.05. The molecule has 0 fully saturated rings. The Bertz CT molecular complexity index is 295. The molecule has 1 rings (SSSR count). The highest BCUT2D eigenvalue weighted by Crippen LogP contribution is 2.09. The zero-order valence-electron chi connectivity index (χ0n) is 10.1. The van der Waals surface area contributed by atoms with Gasteiger partial charge in [-0.15, -0.1) is 0 Å². The van der Waals surface area contributed by atoms with E-state index in [4.69, 9.17) is 0 Å². The third-order valence-electron chi connectivity index (χ3n) is 2.71. The van der Waals surface area contributed by atoms with Crippen LogP contribution in [0.3, 0.4) is 0 Å². The van der Waals surface area contributed by atoms with E-state index in [1.54, 1.807) is 12.3 Å². The van der Waals surface area contributed by atoms with Crippen LogP contribution < -0.4 is 0 Å². The summed E-state index contributed by atoms with van der Waals surface area (Å²) >= 11 is 0. The van der Waals surface area contributed by atoms with Crippen molar-refractivity contribution >= 4 is 5.78 Å². The number of carbonyl (C=O) groups excluding carboxylic acids is 1. The van der Waals surface area contributed by atoms with E-state index in [0.717, 1.165) is 6.42 Å². The molecule has 0 amide bonds. The van der Waals surface area contributed by atoms with E-state index in [1.165, 1.54) is 32.1 Å². The quantitative estimate of drug-likeness (QED) is 0.488. The van der Waals surface area contributed by atoms with E-state index in [1.807, 2.05) is 12.1 Å². The Morgan fingerprint density at radius 1 is 1.12 bits per heavy atom. The van der Waals surface area contributed by atoms with E-state index in [2.05, 4.69) is 11.9 Å². The highest BCUT2D eigenvalue weighted by molar-refractivity contribution is 5.94. The number of carbonyl (C=O) groups is 1. The number of aromatic nitrogens is 1. The van der Waals surface area contributed by atoms with Crippen molar-refractivity contribution in [3.05, 3.63) is 30.1 Å². The third-order valence-corrected chi connectivity index (χ3v) is 2.71. The van der Waals surface area contributed by atoms with Crippen molar-refractivity contribution in [3.63, 3.8) is 0 Å². The Morgan fingerprint density at radius 3 is 2.56 bits per heavy atom. The van der Waals surface area contributed by atoms with Gasteiger partial charge in [0, 0.05) is 12.6 Å². The monoisotopic (exact) mass is 219 g/mol. The topological polar surface area (TPSA) is 30.0 Å². The molecule has 0 atom stereocenters. The molecule has 1 aromatic rings. The van der Waals surface area contributed by atoms with E-state index < -0.39 is 0 Å². The minimum absolute atomic E-state index is 0.177. The maximum absolute atomic E-state index is 11.7. The first-order valence-electron chi connectivity index (χ1n) is 6.29. The second-order valence-corrected chi connectivity index (χ2v) is 4.16. The number of hydrogen-bond acceptors (Lipinski definition) is 2. The van der Waals surface area contributed by atoms with Gasteiger partial charge in [-0.1, -0.05) is 45.1 Å². The molecule has 88 valence electrons. The van der Waals surface area contributed by atoms with Gasteiger partial charge in [-0.2, -0.15) is 0 Å². The molecular formula is C14H21NO. The second kappa shape index (κ2) is 8.03. The van der Waals surface area contributed by atoms with Gasteiger partial charge in [0.2, 0.25) is 0 Å². The summed E-state index contributed by atoms with van der Waals surface area (Å²) in [6, 6.07) is 5.49. The van der Waals surface area contributed by atoms with Crippen molar-refractivity contribution in [1.82, 2.24) is 4.98 Å². The number of unbranched alkanes of at least 4 members (excludes halogenated alkanes) is 5. The van der Waals surface area contributed by atoms with E-state index in [9.17, 15) is 4.79 Å². The number of rotatable bonds is 8. The van der Waals surface area contributed by atoms with E-state index in [-0.39, 0.29) is 5.78 Å². The van der Waals surface area contributed by atoms with Crippen molar-refractivity contribution in [2.45, 2.75) is 51.9 Å². The summed E-state index contributed by atoms with van der Waals surface area (Å²) in [7, 11) is 0. The number of pyridine rings is 1. The van der Waals surface area contributed by atoms with Crippen LogP contribution in [-0.2, 0) is 0 Å². The Labute approximate surface area is 98.1 Å². The molecule has 0 aliphatic heterocycles. The van der Waals surface area contributed by atoms with Gasteiger partial charge < -0.3 is 0 Å². The van der Waals surface area contributed by atoms with Crippen LogP contribution in [0.4, 0.5) is 0 Å². The first-order valence-corrected chi connectivity index (χ1v) is 6.29. The van der Waals surface area contributed by atoms with Crippen LogP contribution in [0.15, 0.2) is 24.4 Å². The first kappa shape index (κ1) is 12.9. The molecule has 0 saturated heterocycles. The number of nitrogens with zero attached hydrogens (tertiary/aromatic N) is 1. The second-order valence-electron chi connectivity index (χ2n) is 4.16. The van der Waals surface area contributed by atoms with Gasteiger partial charge >= 0.3 is 0 Å². The van der Waals surface area contributed by atoms with Crippen LogP contribution >= 0.6 is 0 Å². The number of ketones is 1. The maximum atomic E-state index is 11.7. The summed E-state index contributed by atoms with van der Waals surface area (Å²) in [6.45, 7) is 2.21. The standard InChI is InChI=1S/C14H21NO/c1-2-3-4-5-6-7-11-14(16)13-10-8-9-12-15-13/h8-10,12H,2-7,11H2,1H3. The summed E-state index contributed by atoms with van der Waals surface area (Å²) in [4.78, 5) is 15.7. The summed E-state index contributed by atoms with van der Waals surface area (Å²) in [5.74, 6) is 0.177. The zero-order valence-corrected chi connectivity index (χ0v) is 10.1. The Balaban J connectivity index is 2.12. The van der Waals surface area contributed by atoms with Crippen LogP contribution in [-0.4, -0.2) is 10.8 Å². The minimum Gasteiger partial charge on any atom is -0.292 e. The predicted octanol–water partition coefficient (Wildman–Crippen LogP) is 4.01. The largest absolute Gasteiger partial charge is 0.292 e. The zero-order chi connectivity index (χ0) is 11.6. The Kier molecular flexibility index (Phi) is 6.47. The SMILES string of the molecule is CCCCCCCCC(=O)c1ccccn1.